The number of benzene rings is 2. The first kappa shape index (κ1) is 11.7. The first-order chi connectivity index (χ1) is 7.80. The molecule has 0 aliphatic carbocycles. The predicted molar refractivity (Wildman–Crippen MR) is 64.6 cm³/mol. The highest BCUT2D eigenvalue weighted by atomic mass is 32.2. The van der Waals surface area contributed by atoms with Crippen molar-refractivity contribution >= 4 is 26.6 Å². The summed E-state index contributed by atoms with van der Waals surface area (Å²) in [5.41, 5.74) is 6.17. The van der Waals surface area contributed by atoms with E-state index in [0.29, 0.717) is 10.9 Å². The van der Waals surface area contributed by atoms with Gasteiger partial charge in [0.15, 0.2) is 0 Å². The second-order valence-corrected chi connectivity index (χ2v) is 5.20. The lowest BCUT2D eigenvalue weighted by Gasteiger charge is -2.09. The van der Waals surface area contributed by atoms with Crippen molar-refractivity contribution in [3.8, 4) is 5.75 Å². The second-order valence-electron chi connectivity index (χ2n) is 3.84. The fourth-order valence-corrected chi connectivity index (χ4v) is 2.65. The fraction of sp³-hybridized carbons (Fsp3) is 0.0909. The Morgan fingerprint density at radius 2 is 1.82 bits per heavy atom. The molecule has 0 fully saturated rings. The largest absolute Gasteiger partial charge is 0.507 e. The lowest BCUT2D eigenvalue weighted by Crippen LogP contribution is -2.04. The van der Waals surface area contributed by atoms with Crippen LogP contribution in [0.2, 0.25) is 0 Å². The summed E-state index contributed by atoms with van der Waals surface area (Å²) >= 11 is 0. The Hall–Kier alpha value is -1.79. The molecule has 6 heteroatoms. The number of rotatable bonds is 1. The van der Waals surface area contributed by atoms with Crippen molar-refractivity contribution in [1.82, 2.24) is 0 Å². The molecule has 0 saturated heterocycles. The van der Waals surface area contributed by atoms with Crippen LogP contribution in [0.15, 0.2) is 29.2 Å². The Bertz CT molecular complexity index is 707. The average Bonchev–Trinajstić information content (AvgIpc) is 2.13. The van der Waals surface area contributed by atoms with Crippen molar-refractivity contribution in [1.29, 1.82) is 0 Å². The van der Waals surface area contributed by atoms with Gasteiger partial charge < -0.3 is 10.8 Å². The van der Waals surface area contributed by atoms with E-state index >= 15 is 0 Å². The number of nitrogens with two attached hydrogens (primary N) is 1. The zero-order valence-corrected chi connectivity index (χ0v) is 9.82. The van der Waals surface area contributed by atoms with Crippen LogP contribution in [0.4, 0.5) is 5.69 Å². The zero-order valence-electron chi connectivity index (χ0n) is 9.01. The first-order valence-electron chi connectivity index (χ1n) is 4.80. The van der Waals surface area contributed by atoms with Crippen LogP contribution in [0.25, 0.3) is 10.8 Å². The topological polar surface area (TPSA) is 101 Å². The fourth-order valence-electron chi connectivity index (χ4n) is 1.83. The molecule has 4 N–H and O–H groups in total. The standard InChI is InChI=1S/C11H11NO4S/c1-6-4-8-7(10(13)5-6)2-3-9(12)11(8)17(14,15)16/h2-5,13H,12H2,1H3,(H,14,15,16). The maximum atomic E-state index is 11.3. The van der Waals surface area contributed by atoms with Gasteiger partial charge in [0.05, 0.1) is 5.69 Å². The third-order valence-electron chi connectivity index (χ3n) is 2.50. The molecule has 0 unspecified atom stereocenters. The summed E-state index contributed by atoms with van der Waals surface area (Å²) in [7, 11) is -4.43. The monoisotopic (exact) mass is 253 g/mol. The van der Waals surface area contributed by atoms with Gasteiger partial charge in [-0.05, 0) is 36.8 Å². The van der Waals surface area contributed by atoms with Crippen LogP contribution >= 0.6 is 0 Å². The molecule has 0 radical (unpaired) electrons. The molecular formula is C11H11NO4S. The minimum atomic E-state index is -4.43. The number of nitrogen functional groups attached to an aromatic ring is 1. The lowest BCUT2D eigenvalue weighted by molar-refractivity contribution is 0.481. The van der Waals surface area contributed by atoms with Crippen LogP contribution < -0.4 is 5.73 Å². The van der Waals surface area contributed by atoms with Gasteiger partial charge in [0.2, 0.25) is 0 Å². The first-order valence-corrected chi connectivity index (χ1v) is 6.24. The molecule has 2 rings (SSSR count). The molecule has 0 aliphatic heterocycles. The minimum Gasteiger partial charge on any atom is -0.507 e. The van der Waals surface area contributed by atoms with E-state index in [9.17, 15) is 13.5 Å². The lowest BCUT2D eigenvalue weighted by atomic mass is 10.1. The number of phenolic OH excluding ortho intramolecular Hbond substituents is 1. The van der Waals surface area contributed by atoms with Gasteiger partial charge in [0, 0.05) is 10.8 Å². The maximum absolute atomic E-state index is 11.3. The number of fused-ring (bicyclic) bond motifs is 1. The highest BCUT2D eigenvalue weighted by molar-refractivity contribution is 7.86. The van der Waals surface area contributed by atoms with E-state index in [1.165, 1.54) is 18.2 Å². The highest BCUT2D eigenvalue weighted by Gasteiger charge is 2.19. The summed E-state index contributed by atoms with van der Waals surface area (Å²) in [6.45, 7) is 1.70. The zero-order chi connectivity index (χ0) is 12.8. The Balaban J connectivity index is 3.06. The molecule has 90 valence electrons. The summed E-state index contributed by atoms with van der Waals surface area (Å²) in [5, 5.41) is 10.3. The van der Waals surface area contributed by atoms with E-state index in [-0.39, 0.29) is 21.7 Å². The molecule has 0 amide bonds. The van der Waals surface area contributed by atoms with Crippen molar-refractivity contribution in [3.05, 3.63) is 29.8 Å². The van der Waals surface area contributed by atoms with Crippen LogP contribution in [-0.4, -0.2) is 18.1 Å². The molecule has 0 aromatic heterocycles. The summed E-state index contributed by atoms with van der Waals surface area (Å²) in [5.74, 6) is -0.0510. The minimum absolute atomic E-state index is 0.0509. The summed E-state index contributed by atoms with van der Waals surface area (Å²) in [4.78, 5) is -0.367. The van der Waals surface area contributed by atoms with Gasteiger partial charge in [0.25, 0.3) is 10.1 Å². The SMILES string of the molecule is Cc1cc(O)c2ccc(N)c(S(=O)(=O)O)c2c1. The smallest absolute Gasteiger partial charge is 0.297 e. The van der Waals surface area contributed by atoms with E-state index in [1.54, 1.807) is 13.0 Å². The van der Waals surface area contributed by atoms with Gasteiger partial charge in [0.1, 0.15) is 10.6 Å². The van der Waals surface area contributed by atoms with Crippen LogP contribution in [0, 0.1) is 6.92 Å². The van der Waals surface area contributed by atoms with Crippen molar-refractivity contribution in [3.63, 3.8) is 0 Å². The van der Waals surface area contributed by atoms with E-state index in [0.717, 1.165) is 0 Å². The molecule has 0 bridgehead atoms. The normalized spacial score (nSPS) is 11.9. The molecular weight excluding hydrogens is 242 g/mol. The maximum Gasteiger partial charge on any atom is 0.297 e. The Morgan fingerprint density at radius 1 is 1.18 bits per heavy atom. The molecule has 0 spiro atoms. The van der Waals surface area contributed by atoms with Gasteiger partial charge >= 0.3 is 0 Å². The van der Waals surface area contributed by atoms with E-state index in [4.69, 9.17) is 10.3 Å². The van der Waals surface area contributed by atoms with E-state index in [1.807, 2.05) is 0 Å². The van der Waals surface area contributed by atoms with E-state index < -0.39 is 10.1 Å². The summed E-state index contributed by atoms with van der Waals surface area (Å²) < 4.78 is 31.7. The Morgan fingerprint density at radius 3 is 2.41 bits per heavy atom. The second kappa shape index (κ2) is 3.61. The van der Waals surface area contributed by atoms with Crippen LogP contribution in [0.3, 0.4) is 0 Å². The van der Waals surface area contributed by atoms with Crippen molar-refractivity contribution in [2.45, 2.75) is 11.8 Å². The number of hydrogen-bond donors (Lipinski definition) is 3. The quantitative estimate of drug-likeness (QED) is 0.530. The van der Waals surface area contributed by atoms with Crippen LogP contribution in [0.1, 0.15) is 5.56 Å². The summed E-state index contributed by atoms with van der Waals surface area (Å²) in [6.07, 6.45) is 0. The van der Waals surface area contributed by atoms with Gasteiger partial charge in [-0.25, -0.2) is 0 Å². The van der Waals surface area contributed by atoms with Gasteiger partial charge in [-0.15, -0.1) is 0 Å². The molecule has 0 aliphatic rings. The number of anilines is 1. The Labute approximate surface area is 98.2 Å². The van der Waals surface area contributed by atoms with Crippen LogP contribution in [0.5, 0.6) is 5.75 Å². The van der Waals surface area contributed by atoms with Gasteiger partial charge in [-0.2, -0.15) is 8.42 Å². The van der Waals surface area contributed by atoms with Crippen LogP contribution in [-0.2, 0) is 10.1 Å². The molecule has 0 heterocycles. The van der Waals surface area contributed by atoms with E-state index in [2.05, 4.69) is 0 Å². The Kier molecular flexibility index (Phi) is 2.48. The number of aryl methyl sites for hydroxylation is 1. The molecule has 0 atom stereocenters. The van der Waals surface area contributed by atoms with Crippen molar-refractivity contribution < 1.29 is 18.1 Å². The number of hydrogen-bond acceptors (Lipinski definition) is 4. The number of phenols is 1. The molecule has 2 aromatic carbocycles. The molecule has 17 heavy (non-hydrogen) atoms. The predicted octanol–water partition coefficient (Wildman–Crippen LogP) is 1.68. The molecule has 2 aromatic rings. The van der Waals surface area contributed by atoms with Gasteiger partial charge in [-0.3, -0.25) is 4.55 Å². The molecule has 5 nitrogen and oxygen atoms in total. The summed E-state index contributed by atoms with van der Waals surface area (Å²) in [6, 6.07) is 5.90. The third-order valence-corrected chi connectivity index (χ3v) is 3.47. The molecule has 0 saturated carbocycles. The number of aromatic hydroxyl groups is 1. The average molecular weight is 253 g/mol. The highest BCUT2D eigenvalue weighted by Crippen LogP contribution is 2.34. The van der Waals surface area contributed by atoms with Crippen molar-refractivity contribution in [2.75, 3.05) is 5.73 Å². The third kappa shape index (κ3) is 1.92. The van der Waals surface area contributed by atoms with Gasteiger partial charge in [-0.1, -0.05) is 0 Å². The van der Waals surface area contributed by atoms with Crippen molar-refractivity contribution in [2.24, 2.45) is 0 Å².